The normalized spacial score (nSPS) is 35.3. The second-order valence-electron chi connectivity index (χ2n) is 6.23. The average Bonchev–Trinajstić information content (AvgIpc) is 2.78. The molecule has 0 radical (unpaired) electrons. The summed E-state index contributed by atoms with van der Waals surface area (Å²) in [7, 11) is -0.276. The monoisotopic (exact) mass is 245 g/mol. The van der Waals surface area contributed by atoms with Crippen molar-refractivity contribution in [1.29, 1.82) is 0 Å². The van der Waals surface area contributed by atoms with Crippen LogP contribution in [-0.4, -0.2) is 24.4 Å². The fourth-order valence-corrected chi connectivity index (χ4v) is 2.49. The lowest BCUT2D eigenvalue weighted by atomic mass is 9.84. The number of hydrogen-bond acceptors (Lipinski definition) is 3. The summed E-state index contributed by atoms with van der Waals surface area (Å²) in [5.41, 5.74) is 0.499. The van der Waals surface area contributed by atoms with Crippen molar-refractivity contribution in [3.63, 3.8) is 0 Å². The maximum Gasteiger partial charge on any atom is 0.511 e. The summed E-state index contributed by atoms with van der Waals surface area (Å²) in [6, 6.07) is 0.351. The molecule has 4 heteroatoms. The third kappa shape index (κ3) is 1.75. The van der Waals surface area contributed by atoms with Crippen molar-refractivity contribution in [3.8, 4) is 0 Å². The first kappa shape index (κ1) is 12.1. The van der Waals surface area contributed by atoms with E-state index in [9.17, 15) is 0 Å². The van der Waals surface area contributed by atoms with E-state index in [0.29, 0.717) is 12.0 Å². The zero-order valence-corrected chi connectivity index (χ0v) is 11.4. The van der Waals surface area contributed by atoms with Gasteiger partial charge in [-0.05, 0) is 27.7 Å². The SMILES string of the molecule is CC1(C)OB(C2=CC3C=CC=CC3N2)OC1(C)C. The van der Waals surface area contributed by atoms with E-state index in [0.717, 1.165) is 5.60 Å². The first-order chi connectivity index (χ1) is 8.39. The zero-order valence-electron chi connectivity index (χ0n) is 11.4. The molecule has 2 atom stereocenters. The standard InChI is InChI=1S/C14H20BNO2/c1-13(2)14(3,4)18-15(17-13)12-9-10-7-5-6-8-11(10)16-12/h5-11,16H,1-4H3. The van der Waals surface area contributed by atoms with Gasteiger partial charge in [0.25, 0.3) is 0 Å². The van der Waals surface area contributed by atoms with Gasteiger partial charge in [0.15, 0.2) is 0 Å². The summed E-state index contributed by atoms with van der Waals surface area (Å²) in [6.07, 6.45) is 10.8. The van der Waals surface area contributed by atoms with E-state index in [-0.39, 0.29) is 18.3 Å². The smallest absolute Gasteiger partial charge is 0.398 e. The highest BCUT2D eigenvalue weighted by Gasteiger charge is 2.53. The van der Waals surface area contributed by atoms with Crippen molar-refractivity contribution in [2.75, 3.05) is 0 Å². The number of allylic oxidation sites excluding steroid dienone is 2. The van der Waals surface area contributed by atoms with Gasteiger partial charge in [-0.25, -0.2) is 0 Å². The molecule has 3 rings (SSSR count). The van der Waals surface area contributed by atoms with Gasteiger partial charge in [0.05, 0.1) is 17.2 Å². The Morgan fingerprint density at radius 1 is 1.06 bits per heavy atom. The van der Waals surface area contributed by atoms with Crippen LogP contribution in [0.1, 0.15) is 27.7 Å². The molecule has 0 aromatic carbocycles. The topological polar surface area (TPSA) is 30.5 Å². The van der Waals surface area contributed by atoms with Gasteiger partial charge in [0, 0.05) is 11.5 Å². The van der Waals surface area contributed by atoms with Gasteiger partial charge in [-0.2, -0.15) is 0 Å². The Bertz CT molecular complexity index is 435. The van der Waals surface area contributed by atoms with Crippen molar-refractivity contribution in [2.24, 2.45) is 5.92 Å². The summed E-state index contributed by atoms with van der Waals surface area (Å²) in [6.45, 7) is 8.31. The Morgan fingerprint density at radius 3 is 2.28 bits per heavy atom. The number of fused-ring (bicyclic) bond motifs is 1. The highest BCUT2D eigenvalue weighted by Crippen LogP contribution is 2.39. The number of nitrogens with one attached hydrogen (secondary N) is 1. The Labute approximate surface area is 109 Å². The minimum Gasteiger partial charge on any atom is -0.398 e. The molecule has 2 heterocycles. The van der Waals surface area contributed by atoms with E-state index >= 15 is 0 Å². The molecule has 0 aromatic rings. The van der Waals surface area contributed by atoms with Crippen LogP contribution in [0.25, 0.3) is 0 Å². The molecule has 3 nitrogen and oxygen atoms in total. The largest absolute Gasteiger partial charge is 0.511 e. The molecule has 1 N–H and O–H groups in total. The van der Waals surface area contributed by atoms with Crippen LogP contribution in [0.3, 0.4) is 0 Å². The molecule has 3 aliphatic rings. The summed E-state index contributed by atoms with van der Waals surface area (Å²) < 4.78 is 12.1. The predicted molar refractivity (Wildman–Crippen MR) is 72.9 cm³/mol. The maximum atomic E-state index is 6.05. The lowest BCUT2D eigenvalue weighted by Crippen LogP contribution is -2.41. The molecule has 0 saturated carbocycles. The molecule has 0 amide bonds. The van der Waals surface area contributed by atoms with Crippen LogP contribution in [0, 0.1) is 5.92 Å². The number of rotatable bonds is 1. The van der Waals surface area contributed by atoms with Gasteiger partial charge in [0.1, 0.15) is 0 Å². The van der Waals surface area contributed by atoms with Gasteiger partial charge >= 0.3 is 7.12 Å². The Morgan fingerprint density at radius 2 is 1.67 bits per heavy atom. The van der Waals surface area contributed by atoms with E-state index < -0.39 is 0 Å². The van der Waals surface area contributed by atoms with Crippen LogP contribution in [0.15, 0.2) is 36.0 Å². The van der Waals surface area contributed by atoms with E-state index in [4.69, 9.17) is 9.31 Å². The third-order valence-corrected chi connectivity index (χ3v) is 4.39. The van der Waals surface area contributed by atoms with Crippen LogP contribution in [-0.2, 0) is 9.31 Å². The fraction of sp³-hybridized carbons (Fsp3) is 0.571. The molecule has 1 aliphatic carbocycles. The molecule has 0 spiro atoms. The molecule has 0 bridgehead atoms. The summed E-state index contributed by atoms with van der Waals surface area (Å²) in [5, 5.41) is 3.48. The van der Waals surface area contributed by atoms with Crippen LogP contribution >= 0.6 is 0 Å². The Hall–Kier alpha value is -0.995. The van der Waals surface area contributed by atoms with Crippen molar-refractivity contribution < 1.29 is 9.31 Å². The van der Waals surface area contributed by atoms with Gasteiger partial charge in [-0.3, -0.25) is 0 Å². The summed E-state index contributed by atoms with van der Waals surface area (Å²) in [4.78, 5) is 0. The second kappa shape index (κ2) is 3.75. The van der Waals surface area contributed by atoms with E-state index in [1.165, 1.54) is 0 Å². The van der Waals surface area contributed by atoms with Crippen molar-refractivity contribution in [2.45, 2.75) is 44.9 Å². The highest BCUT2D eigenvalue weighted by atomic mass is 16.7. The fourth-order valence-electron chi connectivity index (χ4n) is 2.49. The molecule has 2 aliphatic heterocycles. The average molecular weight is 245 g/mol. The molecule has 2 unspecified atom stereocenters. The minimum atomic E-state index is -0.278. The van der Waals surface area contributed by atoms with Crippen molar-refractivity contribution >= 4 is 7.12 Å². The molecule has 0 aromatic heterocycles. The van der Waals surface area contributed by atoms with Gasteiger partial charge in [0.2, 0.25) is 0 Å². The van der Waals surface area contributed by atoms with Crippen LogP contribution in [0.2, 0.25) is 0 Å². The van der Waals surface area contributed by atoms with Gasteiger partial charge in [-0.1, -0.05) is 30.4 Å². The second-order valence-corrected chi connectivity index (χ2v) is 6.23. The van der Waals surface area contributed by atoms with Crippen molar-refractivity contribution in [1.82, 2.24) is 5.32 Å². The van der Waals surface area contributed by atoms with E-state index in [1.807, 2.05) is 0 Å². The van der Waals surface area contributed by atoms with Crippen molar-refractivity contribution in [3.05, 3.63) is 36.0 Å². The molecule has 18 heavy (non-hydrogen) atoms. The first-order valence-corrected chi connectivity index (χ1v) is 6.58. The molecule has 96 valence electrons. The predicted octanol–water partition coefficient (Wildman–Crippen LogP) is 2.22. The summed E-state index contributed by atoms with van der Waals surface area (Å²) in [5.74, 6) is 0.420. The minimum absolute atomic E-state index is 0.276. The van der Waals surface area contributed by atoms with E-state index in [2.05, 4.69) is 63.4 Å². The number of hydrogen-bond donors (Lipinski definition) is 1. The first-order valence-electron chi connectivity index (χ1n) is 6.58. The van der Waals surface area contributed by atoms with Gasteiger partial charge < -0.3 is 14.6 Å². The van der Waals surface area contributed by atoms with Crippen LogP contribution < -0.4 is 5.32 Å². The van der Waals surface area contributed by atoms with Crippen LogP contribution in [0.4, 0.5) is 0 Å². The third-order valence-electron chi connectivity index (χ3n) is 4.39. The molecule has 1 saturated heterocycles. The van der Waals surface area contributed by atoms with Crippen LogP contribution in [0.5, 0.6) is 0 Å². The molecule has 1 fully saturated rings. The molecular formula is C14H20BNO2. The lowest BCUT2D eigenvalue weighted by molar-refractivity contribution is 0.00578. The Kier molecular flexibility index (Phi) is 2.51. The quantitative estimate of drug-likeness (QED) is 0.718. The Balaban J connectivity index is 1.79. The molecular weight excluding hydrogens is 225 g/mol. The maximum absolute atomic E-state index is 6.05. The summed E-state index contributed by atoms with van der Waals surface area (Å²) >= 11 is 0. The van der Waals surface area contributed by atoms with E-state index in [1.54, 1.807) is 0 Å². The highest BCUT2D eigenvalue weighted by molar-refractivity contribution is 6.54. The lowest BCUT2D eigenvalue weighted by Gasteiger charge is -2.32. The zero-order chi connectivity index (χ0) is 13.0. The van der Waals surface area contributed by atoms with Gasteiger partial charge in [-0.15, -0.1) is 0 Å².